The van der Waals surface area contributed by atoms with Crippen LogP contribution in [-0.4, -0.2) is 0 Å². The average molecular weight is 250 g/mol. The van der Waals surface area contributed by atoms with E-state index in [0.717, 1.165) is 0 Å². The molecule has 0 aliphatic heterocycles. The fraction of sp³-hybridized carbons (Fsp3) is 0.429. The Kier molecular flexibility index (Phi) is 15.0. The first kappa shape index (κ1) is 18.0. The topological polar surface area (TPSA) is 0 Å². The quantitative estimate of drug-likeness (QED) is 0.626. The van der Waals surface area contributed by atoms with Crippen molar-refractivity contribution in [2.75, 3.05) is 0 Å². The van der Waals surface area contributed by atoms with E-state index in [1.807, 2.05) is 0 Å². The molecule has 0 amide bonds. The number of hydrogen-bond donors (Lipinski definition) is 0. The van der Waals surface area contributed by atoms with Crippen molar-refractivity contribution in [3.63, 3.8) is 0 Å². The monoisotopic (exact) mass is 249 g/mol. The number of hydrogen-bond acceptors (Lipinski definition) is 0. The summed E-state index contributed by atoms with van der Waals surface area (Å²) in [6.45, 7) is 2.20. The molecule has 0 saturated heterocycles. The third-order valence-corrected chi connectivity index (χ3v) is 1.90. The minimum absolute atomic E-state index is 0. The molecule has 0 fully saturated rings. The summed E-state index contributed by atoms with van der Waals surface area (Å²) in [5.74, 6) is 0. The van der Waals surface area contributed by atoms with Gasteiger partial charge in [-0.25, -0.2) is 0 Å². The van der Waals surface area contributed by atoms with Gasteiger partial charge in [-0.2, -0.15) is 0 Å². The summed E-state index contributed by atoms with van der Waals surface area (Å²) in [5.41, 5.74) is 1.50. The number of allylic oxidation sites excluding steroid dienone is 4. The third-order valence-electron chi connectivity index (χ3n) is 1.35. The molecule has 11 heavy (non-hydrogen) atoms. The molecule has 0 heterocycles. The summed E-state index contributed by atoms with van der Waals surface area (Å²) in [6, 6.07) is 0. The molecular weight excluding hydrogens is 238 g/mol. The maximum atomic E-state index is 2.30. The van der Waals surface area contributed by atoms with Gasteiger partial charge in [0.25, 0.3) is 0 Å². The Balaban J connectivity index is -0.000000213. The van der Waals surface area contributed by atoms with Crippen LogP contribution in [0.1, 0.15) is 19.8 Å². The van der Waals surface area contributed by atoms with Gasteiger partial charge in [0.15, 0.2) is 0 Å². The SMILES string of the molecule is CCC1=CC[C]([Ti])=C1.Cl.Cl.Cl. The first-order valence-electron chi connectivity index (χ1n) is 2.94. The van der Waals surface area contributed by atoms with Gasteiger partial charge in [-0.3, -0.25) is 0 Å². The first-order chi connectivity index (χ1) is 3.83. The standard InChI is InChI=1S/C7H9.3ClH.Ti/c1-2-7-5-3-4-6-7;;;;/h5-6H,2-3H2,1H3;3*1H;. The van der Waals surface area contributed by atoms with Crippen molar-refractivity contribution in [3.05, 3.63) is 21.6 Å². The maximum absolute atomic E-state index is 2.30. The van der Waals surface area contributed by atoms with E-state index < -0.39 is 0 Å². The van der Waals surface area contributed by atoms with Crippen molar-refractivity contribution in [3.8, 4) is 0 Å². The number of halogens is 3. The molecule has 1 rings (SSSR count). The van der Waals surface area contributed by atoms with Gasteiger partial charge in [0.05, 0.1) is 0 Å². The summed E-state index contributed by atoms with van der Waals surface area (Å²) in [6.07, 6.45) is 6.95. The molecule has 1 aliphatic rings. The fourth-order valence-corrected chi connectivity index (χ4v) is 1.28. The molecule has 0 atom stereocenters. The van der Waals surface area contributed by atoms with Crippen LogP contribution in [0.5, 0.6) is 0 Å². The molecule has 0 unspecified atom stereocenters. The molecule has 4 heteroatoms. The zero-order valence-corrected chi connectivity index (χ0v) is 10.3. The Hall–Kier alpha value is 1.06. The molecule has 0 radical (unpaired) electrons. The van der Waals surface area contributed by atoms with E-state index in [4.69, 9.17) is 0 Å². The second-order valence-electron chi connectivity index (χ2n) is 2.01. The normalized spacial score (nSPS) is 13.1. The van der Waals surface area contributed by atoms with Crippen molar-refractivity contribution in [2.45, 2.75) is 19.8 Å². The first-order valence-corrected chi connectivity index (χ1v) is 3.72. The van der Waals surface area contributed by atoms with Gasteiger partial charge in [0.1, 0.15) is 0 Å². The Morgan fingerprint density at radius 3 is 2.09 bits per heavy atom. The molecule has 0 nitrogen and oxygen atoms in total. The van der Waals surface area contributed by atoms with E-state index in [-0.39, 0.29) is 37.2 Å². The number of rotatable bonds is 1. The Morgan fingerprint density at radius 1 is 1.36 bits per heavy atom. The van der Waals surface area contributed by atoms with E-state index in [2.05, 4.69) is 39.5 Å². The van der Waals surface area contributed by atoms with Crippen LogP contribution < -0.4 is 0 Å². The van der Waals surface area contributed by atoms with Crippen LogP contribution in [0, 0.1) is 0 Å². The van der Waals surface area contributed by atoms with Crippen molar-refractivity contribution >= 4 is 37.2 Å². The van der Waals surface area contributed by atoms with Crippen molar-refractivity contribution in [2.24, 2.45) is 0 Å². The molecule has 0 aromatic carbocycles. The van der Waals surface area contributed by atoms with Gasteiger partial charge in [-0.15, -0.1) is 37.2 Å². The predicted octanol–water partition coefficient (Wildman–Crippen LogP) is 3.42. The fourth-order valence-electron chi connectivity index (χ4n) is 0.829. The van der Waals surface area contributed by atoms with Gasteiger partial charge in [0, 0.05) is 0 Å². The molecule has 0 aromatic heterocycles. The second kappa shape index (κ2) is 9.15. The molecule has 0 saturated carbocycles. The minimum atomic E-state index is 0. The second-order valence-corrected chi connectivity index (χ2v) is 3.01. The molecule has 0 spiro atoms. The average Bonchev–Trinajstić information content (AvgIpc) is 2.14. The molecule has 0 N–H and O–H groups in total. The van der Waals surface area contributed by atoms with E-state index >= 15 is 0 Å². The van der Waals surface area contributed by atoms with Gasteiger partial charge in [-0.05, 0) is 0 Å². The van der Waals surface area contributed by atoms with Crippen LogP contribution in [0.15, 0.2) is 21.6 Å². The van der Waals surface area contributed by atoms with E-state index in [9.17, 15) is 0 Å². The molecule has 1 aliphatic carbocycles. The van der Waals surface area contributed by atoms with Crippen molar-refractivity contribution in [1.82, 2.24) is 0 Å². The largest absolute Gasteiger partial charge is 0.147 e. The Bertz CT molecular complexity index is 152. The molecular formula is C7H12Cl3Ti. The van der Waals surface area contributed by atoms with Gasteiger partial charge >= 0.3 is 61.8 Å². The van der Waals surface area contributed by atoms with Gasteiger partial charge < -0.3 is 0 Å². The van der Waals surface area contributed by atoms with Crippen LogP contribution >= 0.6 is 37.2 Å². The summed E-state index contributed by atoms with van der Waals surface area (Å²) in [4.78, 5) is 0. The van der Waals surface area contributed by atoms with Gasteiger partial charge in [0.2, 0.25) is 0 Å². The summed E-state index contributed by atoms with van der Waals surface area (Å²) in [7, 11) is 0. The van der Waals surface area contributed by atoms with Crippen LogP contribution in [0.4, 0.5) is 0 Å². The van der Waals surface area contributed by atoms with Crippen LogP contribution in [0.25, 0.3) is 0 Å². The zero-order chi connectivity index (χ0) is 5.98. The van der Waals surface area contributed by atoms with E-state index in [1.54, 1.807) is 0 Å². The molecule has 0 aromatic rings. The third kappa shape index (κ3) is 6.25. The zero-order valence-electron chi connectivity index (χ0n) is 6.29. The van der Waals surface area contributed by atoms with Crippen molar-refractivity contribution in [1.29, 1.82) is 0 Å². The Labute approximate surface area is 98.5 Å². The summed E-state index contributed by atoms with van der Waals surface area (Å²) >= 11 is 2.18. The van der Waals surface area contributed by atoms with Crippen LogP contribution in [-0.2, 0) is 20.4 Å². The van der Waals surface area contributed by atoms with Crippen LogP contribution in [0.2, 0.25) is 0 Å². The maximum Gasteiger partial charge on any atom is -0.147 e. The van der Waals surface area contributed by atoms with Crippen molar-refractivity contribution < 1.29 is 20.4 Å². The predicted molar refractivity (Wildman–Crippen MR) is 52.8 cm³/mol. The van der Waals surface area contributed by atoms with Gasteiger partial charge in [-0.1, -0.05) is 0 Å². The molecule has 65 valence electrons. The summed E-state index contributed by atoms with van der Waals surface area (Å²) < 4.78 is 1.50. The molecule has 0 bridgehead atoms. The van der Waals surface area contributed by atoms with Crippen LogP contribution in [0.3, 0.4) is 0 Å². The van der Waals surface area contributed by atoms with E-state index in [0.29, 0.717) is 0 Å². The Morgan fingerprint density at radius 2 is 1.91 bits per heavy atom. The minimum Gasteiger partial charge on any atom is -0.147 e. The smallest absolute Gasteiger partial charge is 0.147 e. The summed E-state index contributed by atoms with van der Waals surface area (Å²) in [5, 5.41) is 0. The van der Waals surface area contributed by atoms with E-state index in [1.165, 1.54) is 22.3 Å².